The summed E-state index contributed by atoms with van der Waals surface area (Å²) in [5.74, 6) is -0.0299. The molecule has 0 radical (unpaired) electrons. The fraction of sp³-hybridized carbons (Fsp3) is 0.526. The molecule has 2 N–H and O–H groups in total. The molecule has 7 heteroatoms. The number of nitrogens with zero attached hydrogens (tertiary/aromatic N) is 1. The quantitative estimate of drug-likeness (QED) is 0.808. The van der Waals surface area contributed by atoms with Crippen LogP contribution in [0.2, 0.25) is 0 Å². The predicted octanol–water partition coefficient (Wildman–Crippen LogP) is 3.01. The first-order chi connectivity index (χ1) is 12.5. The van der Waals surface area contributed by atoms with E-state index >= 15 is 0 Å². The van der Waals surface area contributed by atoms with E-state index in [0.29, 0.717) is 16.5 Å². The van der Waals surface area contributed by atoms with Crippen molar-refractivity contribution in [2.75, 3.05) is 13.7 Å². The van der Waals surface area contributed by atoms with Crippen LogP contribution < -0.4 is 5.56 Å². The van der Waals surface area contributed by atoms with Crippen LogP contribution >= 0.6 is 12.2 Å². The number of hydrogen-bond acceptors (Lipinski definition) is 4. The lowest BCUT2D eigenvalue weighted by molar-refractivity contribution is -0.192. The molecule has 26 heavy (non-hydrogen) atoms. The Morgan fingerprint density at radius 3 is 2.81 bits per heavy atom. The van der Waals surface area contributed by atoms with Crippen LogP contribution in [0.15, 0.2) is 23.0 Å². The summed E-state index contributed by atoms with van der Waals surface area (Å²) in [5.41, 5.74) is 1.03. The summed E-state index contributed by atoms with van der Waals surface area (Å²) >= 11 is 5.03. The van der Waals surface area contributed by atoms with Gasteiger partial charge >= 0.3 is 0 Å². The molecule has 1 aromatic carbocycles. The Bertz CT molecular complexity index is 976. The number of carbonyl (C=O) groups is 1. The van der Waals surface area contributed by atoms with Gasteiger partial charge < -0.3 is 14.6 Å². The Labute approximate surface area is 156 Å². The zero-order chi connectivity index (χ0) is 18.5. The van der Waals surface area contributed by atoms with Gasteiger partial charge in [-0.05, 0) is 56.6 Å². The largest absolute Gasteiger partial charge is 0.378 e. The molecule has 1 amide bonds. The van der Waals surface area contributed by atoms with Crippen molar-refractivity contribution >= 4 is 29.0 Å². The summed E-state index contributed by atoms with van der Waals surface area (Å²) < 4.78 is 6.15. The molecule has 2 aliphatic rings. The average Bonchev–Trinajstić information content (AvgIpc) is 2.55. The Balaban J connectivity index is 1.61. The smallest absolute Gasteiger partial charge is 0.259 e. The van der Waals surface area contributed by atoms with E-state index in [1.54, 1.807) is 18.2 Å². The maximum atomic E-state index is 13.0. The fourth-order valence-corrected chi connectivity index (χ4v) is 4.80. The summed E-state index contributed by atoms with van der Waals surface area (Å²) in [7, 11) is 1.87. The maximum absolute atomic E-state index is 13.0. The minimum absolute atomic E-state index is 0.0299. The van der Waals surface area contributed by atoms with E-state index in [1.807, 2.05) is 18.9 Å². The van der Waals surface area contributed by atoms with Crippen LogP contribution in [0.3, 0.4) is 0 Å². The molecule has 1 aromatic heterocycles. The number of carbonyl (C=O) groups excluding carboxylic acids is 1. The van der Waals surface area contributed by atoms with Crippen molar-refractivity contribution < 1.29 is 9.53 Å². The van der Waals surface area contributed by atoms with E-state index in [9.17, 15) is 9.59 Å². The highest BCUT2D eigenvalue weighted by Crippen LogP contribution is 2.59. The molecule has 2 aromatic rings. The number of nitrogens with one attached hydrogen (secondary N) is 2. The third-order valence-corrected chi connectivity index (χ3v) is 6.37. The first kappa shape index (κ1) is 17.4. The minimum atomic E-state index is -0.247. The lowest BCUT2D eigenvalue weighted by atomic mass is 9.50. The molecule has 4 rings (SSSR count). The lowest BCUT2D eigenvalue weighted by Gasteiger charge is -2.63. The molecule has 2 saturated carbocycles. The van der Waals surface area contributed by atoms with Crippen molar-refractivity contribution in [3.05, 3.63) is 38.9 Å². The van der Waals surface area contributed by atoms with Gasteiger partial charge in [-0.25, -0.2) is 0 Å². The molecule has 1 heterocycles. The van der Waals surface area contributed by atoms with Gasteiger partial charge in [0.15, 0.2) is 4.77 Å². The topological polar surface area (TPSA) is 78.2 Å². The van der Waals surface area contributed by atoms with Gasteiger partial charge in [-0.1, -0.05) is 6.42 Å². The van der Waals surface area contributed by atoms with Gasteiger partial charge in [0.25, 0.3) is 11.5 Å². The molecule has 2 fully saturated rings. The number of aromatic amines is 2. The second-order valence-corrected chi connectivity index (χ2v) is 7.78. The second-order valence-electron chi connectivity index (χ2n) is 7.37. The Kier molecular flexibility index (Phi) is 4.23. The van der Waals surface area contributed by atoms with Crippen LogP contribution in [0.25, 0.3) is 10.9 Å². The second kappa shape index (κ2) is 6.32. The zero-order valence-corrected chi connectivity index (χ0v) is 15.8. The third kappa shape index (κ3) is 2.53. The highest BCUT2D eigenvalue weighted by atomic mass is 32.1. The van der Waals surface area contributed by atoms with Gasteiger partial charge in [0, 0.05) is 30.7 Å². The number of benzene rings is 1. The number of H-pyrrole nitrogens is 2. The van der Waals surface area contributed by atoms with Crippen LogP contribution in [0.1, 0.15) is 43.0 Å². The van der Waals surface area contributed by atoms with Crippen molar-refractivity contribution in [1.82, 2.24) is 14.9 Å². The molecule has 6 nitrogen and oxygen atoms in total. The van der Waals surface area contributed by atoms with E-state index in [1.165, 1.54) is 6.42 Å². The minimum Gasteiger partial charge on any atom is -0.378 e. The standard InChI is InChI=1S/C19H23N3O3S/c1-3-25-15-10-14(19(15)7-4-8-19)22(2)17(24)11-5-6-12-13(9-11)20-18(26)21-16(12)23/h5-6,9,14-15H,3-4,7-8,10H2,1-2H3,(H2,20,21,23,26)/t14-,15+/m1/s1. The van der Waals surface area contributed by atoms with E-state index in [-0.39, 0.29) is 33.8 Å². The highest BCUT2D eigenvalue weighted by Gasteiger charge is 2.60. The molecule has 2 aliphatic carbocycles. The van der Waals surface area contributed by atoms with Crippen molar-refractivity contribution in [2.45, 2.75) is 44.8 Å². The summed E-state index contributed by atoms with van der Waals surface area (Å²) in [6, 6.07) is 5.31. The first-order valence-electron chi connectivity index (χ1n) is 9.11. The van der Waals surface area contributed by atoms with Gasteiger partial charge in [-0.15, -0.1) is 0 Å². The van der Waals surface area contributed by atoms with E-state index in [0.717, 1.165) is 25.9 Å². The number of rotatable bonds is 4. The van der Waals surface area contributed by atoms with E-state index in [2.05, 4.69) is 9.97 Å². The molecular formula is C19H23N3O3S. The van der Waals surface area contributed by atoms with Crippen molar-refractivity contribution in [2.24, 2.45) is 5.41 Å². The highest BCUT2D eigenvalue weighted by molar-refractivity contribution is 7.71. The summed E-state index contributed by atoms with van der Waals surface area (Å²) in [5, 5.41) is 0.494. The van der Waals surface area contributed by atoms with Gasteiger partial charge in [0.05, 0.1) is 17.0 Å². The summed E-state index contributed by atoms with van der Waals surface area (Å²) in [6.07, 6.45) is 4.62. The number of ether oxygens (including phenoxy) is 1. The lowest BCUT2D eigenvalue weighted by Crippen LogP contribution is -2.67. The van der Waals surface area contributed by atoms with Gasteiger partial charge in [-0.3, -0.25) is 14.6 Å². The van der Waals surface area contributed by atoms with Crippen LogP contribution in [0, 0.1) is 10.2 Å². The predicted molar refractivity (Wildman–Crippen MR) is 102 cm³/mol. The SMILES string of the molecule is CCO[C@H]1C[C@@H](N(C)C(=O)c2ccc3c(=O)[nH]c(=S)[nH]c3c2)C12CCC2. The van der Waals surface area contributed by atoms with Crippen molar-refractivity contribution in [1.29, 1.82) is 0 Å². The maximum Gasteiger partial charge on any atom is 0.259 e. The third-order valence-electron chi connectivity index (χ3n) is 6.17. The van der Waals surface area contributed by atoms with Gasteiger partial charge in [0.2, 0.25) is 0 Å². The molecule has 0 aliphatic heterocycles. The van der Waals surface area contributed by atoms with Crippen LogP contribution in [0.5, 0.6) is 0 Å². The summed E-state index contributed by atoms with van der Waals surface area (Å²) in [6.45, 7) is 2.74. The molecule has 0 unspecified atom stereocenters. The van der Waals surface area contributed by atoms with Gasteiger partial charge in [-0.2, -0.15) is 0 Å². The number of hydrogen-bond donors (Lipinski definition) is 2. The molecule has 138 valence electrons. The van der Waals surface area contributed by atoms with Crippen LogP contribution in [0.4, 0.5) is 0 Å². The fourth-order valence-electron chi connectivity index (χ4n) is 4.59. The number of amides is 1. The molecule has 0 bridgehead atoms. The monoisotopic (exact) mass is 373 g/mol. The Morgan fingerprint density at radius 1 is 1.38 bits per heavy atom. The van der Waals surface area contributed by atoms with E-state index in [4.69, 9.17) is 17.0 Å². The normalized spacial score (nSPS) is 23.5. The van der Waals surface area contributed by atoms with E-state index < -0.39 is 0 Å². The first-order valence-corrected chi connectivity index (χ1v) is 9.52. The summed E-state index contributed by atoms with van der Waals surface area (Å²) in [4.78, 5) is 32.4. The average molecular weight is 373 g/mol. The molecule has 0 saturated heterocycles. The molecule has 1 spiro atoms. The van der Waals surface area contributed by atoms with Crippen LogP contribution in [-0.4, -0.2) is 46.6 Å². The zero-order valence-electron chi connectivity index (χ0n) is 15.0. The Morgan fingerprint density at radius 2 is 2.15 bits per heavy atom. The van der Waals surface area contributed by atoms with Crippen molar-refractivity contribution in [3.8, 4) is 0 Å². The number of fused-ring (bicyclic) bond motifs is 1. The Hall–Kier alpha value is -1.99. The molecular weight excluding hydrogens is 350 g/mol. The molecule has 2 atom stereocenters. The van der Waals surface area contributed by atoms with Crippen molar-refractivity contribution in [3.63, 3.8) is 0 Å². The number of aromatic nitrogens is 2. The van der Waals surface area contributed by atoms with Gasteiger partial charge in [0.1, 0.15) is 0 Å². The van der Waals surface area contributed by atoms with Crippen LogP contribution in [-0.2, 0) is 4.74 Å².